The first-order valence-electron chi connectivity index (χ1n) is 4.99. The molecule has 0 amide bonds. The Morgan fingerprint density at radius 3 is 2.71 bits per heavy atom. The molecule has 0 aliphatic carbocycles. The van der Waals surface area contributed by atoms with E-state index >= 15 is 0 Å². The molecule has 78 valence electrons. The topological polar surface area (TPSA) is 63.0 Å². The summed E-state index contributed by atoms with van der Waals surface area (Å²) in [5.41, 5.74) is 3.58. The van der Waals surface area contributed by atoms with Gasteiger partial charge in [0.1, 0.15) is 5.82 Å². The van der Waals surface area contributed by atoms with Crippen LogP contribution in [0.2, 0.25) is 0 Å². The Morgan fingerprint density at radius 1 is 1.43 bits per heavy atom. The molecule has 0 aromatic carbocycles. The van der Waals surface area contributed by atoms with Gasteiger partial charge in [-0.25, -0.2) is 10.8 Å². The molecule has 1 aromatic heterocycles. The van der Waals surface area contributed by atoms with E-state index in [9.17, 15) is 0 Å². The van der Waals surface area contributed by atoms with E-state index in [1.54, 1.807) is 6.20 Å². The molecule has 0 bridgehead atoms. The maximum absolute atomic E-state index is 5.27. The maximum atomic E-state index is 5.27. The number of nitrogens with one attached hydrogen (secondary N) is 2. The summed E-state index contributed by atoms with van der Waals surface area (Å²) < 4.78 is 0. The van der Waals surface area contributed by atoms with Crippen molar-refractivity contribution in [2.75, 3.05) is 10.7 Å². The van der Waals surface area contributed by atoms with Crippen LogP contribution in [0.1, 0.15) is 26.7 Å². The van der Waals surface area contributed by atoms with Crippen LogP contribution in [0.4, 0.5) is 11.5 Å². The minimum Gasteiger partial charge on any atom is -0.382 e. The van der Waals surface area contributed by atoms with Crippen molar-refractivity contribution in [3.8, 4) is 0 Å². The van der Waals surface area contributed by atoms with Crippen molar-refractivity contribution in [1.82, 2.24) is 4.98 Å². The van der Waals surface area contributed by atoms with Crippen LogP contribution in [-0.2, 0) is 0 Å². The molecular weight excluding hydrogens is 176 g/mol. The van der Waals surface area contributed by atoms with Crippen molar-refractivity contribution in [2.24, 2.45) is 5.84 Å². The molecule has 4 heteroatoms. The van der Waals surface area contributed by atoms with Gasteiger partial charge in [-0.3, -0.25) is 0 Å². The minimum absolute atomic E-state index is 0.517. The summed E-state index contributed by atoms with van der Waals surface area (Å²) in [6.07, 6.45) is 3.97. The van der Waals surface area contributed by atoms with Gasteiger partial charge in [0.2, 0.25) is 0 Å². The fraction of sp³-hybridized carbons (Fsp3) is 0.500. The third-order valence-corrected chi connectivity index (χ3v) is 2.26. The molecule has 0 atom stereocenters. The van der Waals surface area contributed by atoms with Crippen molar-refractivity contribution >= 4 is 11.5 Å². The predicted molar refractivity (Wildman–Crippen MR) is 60.0 cm³/mol. The zero-order valence-electron chi connectivity index (χ0n) is 8.75. The number of hydrogen-bond acceptors (Lipinski definition) is 4. The standard InChI is InChI=1S/C10H18N4/c1-3-8(4-2)13-9-5-6-12-10(7-9)14-11/h5-8H,3-4,11H2,1-2H3,(H2,12,13,14). The largest absolute Gasteiger partial charge is 0.382 e. The lowest BCUT2D eigenvalue weighted by Gasteiger charge is -2.16. The molecule has 0 unspecified atom stereocenters. The number of rotatable bonds is 5. The van der Waals surface area contributed by atoms with Gasteiger partial charge in [-0.05, 0) is 18.9 Å². The number of hydrogen-bond donors (Lipinski definition) is 3. The van der Waals surface area contributed by atoms with Crippen LogP contribution < -0.4 is 16.6 Å². The quantitative estimate of drug-likeness (QED) is 0.495. The van der Waals surface area contributed by atoms with Gasteiger partial charge in [0.15, 0.2) is 0 Å². The van der Waals surface area contributed by atoms with Crippen LogP contribution in [0.3, 0.4) is 0 Å². The highest BCUT2D eigenvalue weighted by molar-refractivity contribution is 5.51. The molecule has 1 aromatic rings. The highest BCUT2D eigenvalue weighted by Gasteiger charge is 2.02. The summed E-state index contributed by atoms with van der Waals surface area (Å²) in [6, 6.07) is 4.36. The first-order valence-corrected chi connectivity index (χ1v) is 4.99. The van der Waals surface area contributed by atoms with Crippen molar-refractivity contribution in [2.45, 2.75) is 32.7 Å². The van der Waals surface area contributed by atoms with Gasteiger partial charge in [0, 0.05) is 24.0 Å². The molecule has 4 N–H and O–H groups in total. The highest BCUT2D eigenvalue weighted by Crippen LogP contribution is 2.14. The van der Waals surface area contributed by atoms with E-state index < -0.39 is 0 Å². The Morgan fingerprint density at radius 2 is 2.14 bits per heavy atom. The normalized spacial score (nSPS) is 10.3. The van der Waals surface area contributed by atoms with E-state index in [0.29, 0.717) is 11.9 Å². The van der Waals surface area contributed by atoms with Gasteiger partial charge >= 0.3 is 0 Å². The Bertz CT molecular complexity index is 271. The molecular formula is C10H18N4. The van der Waals surface area contributed by atoms with E-state index in [1.165, 1.54) is 0 Å². The number of aromatic nitrogens is 1. The molecule has 0 aliphatic rings. The summed E-state index contributed by atoms with van der Waals surface area (Å²) in [4.78, 5) is 4.04. The third-order valence-electron chi connectivity index (χ3n) is 2.26. The molecule has 0 radical (unpaired) electrons. The average molecular weight is 194 g/mol. The molecule has 14 heavy (non-hydrogen) atoms. The van der Waals surface area contributed by atoms with Crippen molar-refractivity contribution in [1.29, 1.82) is 0 Å². The summed E-state index contributed by atoms with van der Waals surface area (Å²) >= 11 is 0. The van der Waals surface area contributed by atoms with Crippen molar-refractivity contribution in [3.63, 3.8) is 0 Å². The second-order valence-corrected chi connectivity index (χ2v) is 3.23. The van der Waals surface area contributed by atoms with E-state index in [-0.39, 0.29) is 0 Å². The molecule has 0 saturated carbocycles. The van der Waals surface area contributed by atoms with Gasteiger partial charge in [-0.1, -0.05) is 13.8 Å². The average Bonchev–Trinajstić information content (AvgIpc) is 2.26. The van der Waals surface area contributed by atoms with Crippen molar-refractivity contribution in [3.05, 3.63) is 18.3 Å². The molecule has 0 aliphatic heterocycles. The fourth-order valence-electron chi connectivity index (χ4n) is 1.33. The van der Waals surface area contributed by atoms with Gasteiger partial charge in [0.25, 0.3) is 0 Å². The van der Waals surface area contributed by atoms with Crippen LogP contribution in [0.5, 0.6) is 0 Å². The monoisotopic (exact) mass is 194 g/mol. The van der Waals surface area contributed by atoms with Gasteiger partial charge in [-0.15, -0.1) is 0 Å². The zero-order chi connectivity index (χ0) is 10.4. The lowest BCUT2D eigenvalue weighted by molar-refractivity contribution is 0.671. The smallest absolute Gasteiger partial charge is 0.141 e. The Hall–Kier alpha value is -1.29. The van der Waals surface area contributed by atoms with Gasteiger partial charge < -0.3 is 10.7 Å². The Kier molecular flexibility index (Phi) is 4.19. The van der Waals surface area contributed by atoms with Crippen LogP contribution >= 0.6 is 0 Å². The molecule has 0 saturated heterocycles. The minimum atomic E-state index is 0.517. The maximum Gasteiger partial charge on any atom is 0.141 e. The number of anilines is 2. The third kappa shape index (κ3) is 2.88. The zero-order valence-corrected chi connectivity index (χ0v) is 8.75. The lowest BCUT2D eigenvalue weighted by atomic mass is 10.1. The number of nitrogens with zero attached hydrogens (tertiary/aromatic N) is 1. The summed E-state index contributed by atoms with van der Waals surface area (Å²) in [5, 5.41) is 3.42. The molecule has 4 nitrogen and oxygen atoms in total. The molecule has 1 heterocycles. The predicted octanol–water partition coefficient (Wildman–Crippen LogP) is 1.97. The molecule has 0 fully saturated rings. The van der Waals surface area contributed by atoms with Crippen LogP contribution in [-0.4, -0.2) is 11.0 Å². The molecule has 0 spiro atoms. The second kappa shape index (κ2) is 5.44. The van der Waals surface area contributed by atoms with Crippen LogP contribution in [0.15, 0.2) is 18.3 Å². The first kappa shape index (κ1) is 10.8. The van der Waals surface area contributed by atoms with E-state index in [2.05, 4.69) is 29.6 Å². The first-order chi connectivity index (χ1) is 6.80. The Balaban J connectivity index is 2.65. The van der Waals surface area contributed by atoms with E-state index in [1.807, 2.05) is 12.1 Å². The number of nitrogens with two attached hydrogens (primary N) is 1. The van der Waals surface area contributed by atoms with Gasteiger partial charge in [-0.2, -0.15) is 0 Å². The summed E-state index contributed by atoms with van der Waals surface area (Å²) in [5.74, 6) is 5.96. The van der Waals surface area contributed by atoms with Crippen molar-refractivity contribution < 1.29 is 0 Å². The second-order valence-electron chi connectivity index (χ2n) is 3.23. The summed E-state index contributed by atoms with van der Waals surface area (Å²) in [7, 11) is 0. The van der Waals surface area contributed by atoms with Crippen LogP contribution in [0, 0.1) is 0 Å². The van der Waals surface area contributed by atoms with Crippen LogP contribution in [0.25, 0.3) is 0 Å². The molecule has 1 rings (SSSR count). The number of hydrazine groups is 1. The number of pyridine rings is 1. The van der Waals surface area contributed by atoms with E-state index in [0.717, 1.165) is 18.5 Å². The summed E-state index contributed by atoms with van der Waals surface area (Å²) in [6.45, 7) is 4.34. The van der Waals surface area contributed by atoms with Gasteiger partial charge in [0.05, 0.1) is 0 Å². The SMILES string of the molecule is CCC(CC)Nc1ccnc(NN)c1. The number of nitrogen functional groups attached to an aromatic ring is 1. The fourth-order valence-corrected chi connectivity index (χ4v) is 1.33. The lowest BCUT2D eigenvalue weighted by Crippen LogP contribution is -2.17. The Labute approximate surface area is 84.9 Å². The van der Waals surface area contributed by atoms with E-state index in [4.69, 9.17) is 5.84 Å². The highest BCUT2D eigenvalue weighted by atomic mass is 15.2.